The summed E-state index contributed by atoms with van der Waals surface area (Å²) in [5, 5.41) is 3.87. The van der Waals surface area contributed by atoms with Crippen LogP contribution in [-0.2, 0) is 30.3 Å². The molecule has 0 aromatic heterocycles. The van der Waals surface area contributed by atoms with Gasteiger partial charge < -0.3 is 19.2 Å². The van der Waals surface area contributed by atoms with Crippen molar-refractivity contribution in [2.24, 2.45) is 5.41 Å². The summed E-state index contributed by atoms with van der Waals surface area (Å²) in [5.74, 6) is -0.159. The monoisotopic (exact) mass is 708 g/mol. The number of halogens is 1. The number of nitrogens with one attached hydrogen (secondary N) is 1. The van der Waals surface area contributed by atoms with Gasteiger partial charge in [-0.1, -0.05) is 115 Å². The van der Waals surface area contributed by atoms with Gasteiger partial charge in [0.1, 0.15) is 0 Å². The van der Waals surface area contributed by atoms with Crippen LogP contribution in [0.4, 0.5) is 5.69 Å². The molecule has 9 heteroatoms. The summed E-state index contributed by atoms with van der Waals surface area (Å²) in [6.07, 6.45) is 5.63. The number of carbonyl (C=O) groups excluding carboxylic acids is 2. The SMILES string of the molecule is Cc1cc(Cl)ccc1-c1ccc(NC(=O)[C@H](Cc2ccc(C(=O)CCC[S-](=O)=O)cc2)c2cccc(C3CCC(C)(C)CC3)c2)cc1.[Na+].[OH-]. The van der Waals surface area contributed by atoms with Crippen molar-refractivity contribution in [3.8, 4) is 11.1 Å². The average molecular weight is 709 g/mol. The van der Waals surface area contributed by atoms with E-state index in [0.29, 0.717) is 34.8 Å². The molecule has 0 heterocycles. The Labute approximate surface area is 319 Å². The van der Waals surface area contributed by atoms with Crippen molar-refractivity contribution in [3.05, 3.63) is 124 Å². The fourth-order valence-electron chi connectivity index (χ4n) is 6.60. The molecule has 1 aliphatic rings. The zero-order chi connectivity index (χ0) is 33.6. The molecule has 0 aliphatic heterocycles. The summed E-state index contributed by atoms with van der Waals surface area (Å²) >= 11 is 6.16. The van der Waals surface area contributed by atoms with Crippen LogP contribution in [0.5, 0.6) is 0 Å². The third kappa shape index (κ3) is 11.4. The molecule has 0 bridgehead atoms. The van der Waals surface area contributed by atoms with E-state index in [1.165, 1.54) is 18.4 Å². The van der Waals surface area contributed by atoms with E-state index in [-0.39, 0.29) is 58.9 Å². The zero-order valence-corrected chi connectivity index (χ0v) is 32.4. The van der Waals surface area contributed by atoms with Crippen molar-refractivity contribution in [2.75, 3.05) is 11.1 Å². The average Bonchev–Trinajstić information content (AvgIpc) is 3.04. The second kappa shape index (κ2) is 18.5. The summed E-state index contributed by atoms with van der Waals surface area (Å²) in [6, 6.07) is 29.6. The van der Waals surface area contributed by atoms with Gasteiger partial charge in [0.25, 0.3) is 0 Å². The molecule has 0 spiro atoms. The Morgan fingerprint density at radius 2 is 1.59 bits per heavy atom. The summed E-state index contributed by atoms with van der Waals surface area (Å²) in [6.45, 7) is 6.72. The molecule has 1 amide bonds. The number of hydrogen-bond acceptors (Lipinski definition) is 6. The zero-order valence-electron chi connectivity index (χ0n) is 28.8. The Morgan fingerprint density at radius 1 is 0.918 bits per heavy atom. The van der Waals surface area contributed by atoms with Crippen molar-refractivity contribution < 1.29 is 53.0 Å². The maximum Gasteiger partial charge on any atom is 1.00 e. The molecule has 4 aromatic rings. The van der Waals surface area contributed by atoms with Gasteiger partial charge >= 0.3 is 29.6 Å². The van der Waals surface area contributed by atoms with E-state index in [0.717, 1.165) is 46.3 Å². The van der Waals surface area contributed by atoms with Crippen LogP contribution in [0.1, 0.15) is 96.8 Å². The topological polar surface area (TPSA) is 110 Å². The first-order valence-electron chi connectivity index (χ1n) is 16.4. The second-order valence-electron chi connectivity index (χ2n) is 13.6. The van der Waals surface area contributed by atoms with Crippen LogP contribution >= 0.6 is 11.6 Å². The molecule has 2 N–H and O–H groups in total. The van der Waals surface area contributed by atoms with Crippen LogP contribution < -0.4 is 34.9 Å². The van der Waals surface area contributed by atoms with Crippen molar-refractivity contribution >= 4 is 39.7 Å². The molecule has 1 aliphatic carbocycles. The molecule has 1 fully saturated rings. The molecular weight excluding hydrogens is 665 g/mol. The van der Waals surface area contributed by atoms with Gasteiger partial charge in [0.05, 0.1) is 5.92 Å². The molecule has 49 heavy (non-hydrogen) atoms. The number of benzene rings is 4. The third-order valence-corrected chi connectivity index (χ3v) is 10.4. The number of anilines is 1. The molecule has 254 valence electrons. The minimum atomic E-state index is -2.15. The fourth-order valence-corrected chi connectivity index (χ4v) is 7.20. The first-order chi connectivity index (χ1) is 22.5. The second-order valence-corrected chi connectivity index (χ2v) is 15.1. The Morgan fingerprint density at radius 3 is 2.22 bits per heavy atom. The standard InChI is InChI=1S/C40H43ClNO4S.Na.H2O/c1-27-24-34(41)15-18-36(27)30-13-16-35(17-14-30)42-39(44)37(25-28-9-11-31(12-10-28)38(43)8-5-23-47(45)46)33-7-4-6-32(26-33)29-19-21-40(2,3)22-20-29;;/h4,6-7,9-18,24,26,29,37H,5,8,19-23,25H2,1-3H3,(H,42,44);;1H2/q-1;+1;/p-1/t37-;;/m1../s1. The van der Waals surface area contributed by atoms with Gasteiger partial charge in [-0.15, -0.1) is 0 Å². The Bertz CT molecular complexity index is 1790. The summed E-state index contributed by atoms with van der Waals surface area (Å²) in [7, 11) is -2.15. The molecular formula is C40H44ClNNaO5S-. The van der Waals surface area contributed by atoms with E-state index in [4.69, 9.17) is 11.6 Å². The molecule has 0 unspecified atom stereocenters. The number of carbonyl (C=O) groups is 2. The van der Waals surface area contributed by atoms with Crippen LogP contribution in [0, 0.1) is 12.3 Å². The number of Topliss-reactive ketones (excluding diaryl/α,β-unsaturated/α-hetero) is 1. The van der Waals surface area contributed by atoms with E-state index in [1.54, 1.807) is 12.1 Å². The minimum absolute atomic E-state index is 0. The van der Waals surface area contributed by atoms with Gasteiger partial charge in [-0.25, -0.2) is 0 Å². The molecule has 0 radical (unpaired) electrons. The van der Waals surface area contributed by atoms with Crippen LogP contribution in [-0.4, -0.2) is 22.9 Å². The predicted molar refractivity (Wildman–Crippen MR) is 194 cm³/mol. The van der Waals surface area contributed by atoms with Gasteiger partial charge in [0.15, 0.2) is 5.78 Å². The van der Waals surface area contributed by atoms with Crippen LogP contribution in [0.15, 0.2) is 91.0 Å². The van der Waals surface area contributed by atoms with Gasteiger partial charge in [0.2, 0.25) is 5.91 Å². The van der Waals surface area contributed by atoms with Crippen LogP contribution in [0.2, 0.25) is 5.02 Å². The van der Waals surface area contributed by atoms with E-state index < -0.39 is 16.6 Å². The molecule has 1 saturated carbocycles. The van der Waals surface area contributed by atoms with Crippen molar-refractivity contribution in [1.82, 2.24) is 0 Å². The van der Waals surface area contributed by atoms with Crippen LogP contribution in [0.25, 0.3) is 11.1 Å². The smallest absolute Gasteiger partial charge is 0.870 e. The Kier molecular flexibility index (Phi) is 15.3. The maximum absolute atomic E-state index is 14.1. The van der Waals surface area contributed by atoms with Gasteiger partial charge in [-0.2, -0.15) is 0 Å². The van der Waals surface area contributed by atoms with Crippen molar-refractivity contribution in [3.63, 3.8) is 0 Å². The predicted octanol–water partition coefficient (Wildman–Crippen LogP) is 7.06. The van der Waals surface area contributed by atoms with Gasteiger partial charge in [0, 0.05) is 22.7 Å². The van der Waals surface area contributed by atoms with Gasteiger partial charge in [-0.3, -0.25) is 9.59 Å². The first kappa shape index (κ1) is 40.6. The fraction of sp³-hybridized carbons (Fsp3) is 0.350. The number of ketones is 1. The van der Waals surface area contributed by atoms with E-state index in [9.17, 15) is 18.0 Å². The molecule has 1 atom stereocenters. The van der Waals surface area contributed by atoms with Crippen molar-refractivity contribution in [1.29, 1.82) is 0 Å². The summed E-state index contributed by atoms with van der Waals surface area (Å²) in [5.41, 5.74) is 8.08. The minimum Gasteiger partial charge on any atom is -0.870 e. The Hall–Kier alpha value is -2.78. The third-order valence-electron chi connectivity index (χ3n) is 9.52. The quantitative estimate of drug-likeness (QED) is 0.0963. The molecule has 0 saturated heterocycles. The van der Waals surface area contributed by atoms with E-state index in [2.05, 4.69) is 37.4 Å². The van der Waals surface area contributed by atoms with Gasteiger partial charge in [-0.05, 0) is 108 Å². The number of hydrogen-bond donors (Lipinski definition) is 1. The summed E-state index contributed by atoms with van der Waals surface area (Å²) in [4.78, 5) is 26.7. The summed E-state index contributed by atoms with van der Waals surface area (Å²) < 4.78 is 21.7. The van der Waals surface area contributed by atoms with Crippen LogP contribution in [0.3, 0.4) is 0 Å². The Balaban J connectivity index is 0.00000325. The first-order valence-corrected chi connectivity index (χ1v) is 18.0. The van der Waals surface area contributed by atoms with Crippen molar-refractivity contribution in [2.45, 2.75) is 77.6 Å². The number of rotatable bonds is 12. The molecule has 5 rings (SSSR count). The number of aryl methyl sites for hydroxylation is 1. The van der Waals surface area contributed by atoms with E-state index in [1.807, 2.05) is 67.6 Å². The molecule has 4 aromatic carbocycles. The largest absolute Gasteiger partial charge is 1.00 e. The molecule has 6 nitrogen and oxygen atoms in total. The maximum atomic E-state index is 14.1. The van der Waals surface area contributed by atoms with E-state index >= 15 is 0 Å². The normalized spacial score (nSPS) is 14.7. The number of amides is 1.